The van der Waals surface area contributed by atoms with Gasteiger partial charge in [0.1, 0.15) is 5.82 Å². The van der Waals surface area contributed by atoms with Gasteiger partial charge in [-0.2, -0.15) is 0 Å². The van der Waals surface area contributed by atoms with Gasteiger partial charge in [0.15, 0.2) is 0 Å². The second kappa shape index (κ2) is 9.89. The zero-order valence-corrected chi connectivity index (χ0v) is 19.7. The lowest BCUT2D eigenvalue weighted by atomic mass is 10.2. The zero-order chi connectivity index (χ0) is 21.7. The minimum absolute atomic E-state index is 0.0589. The van der Waals surface area contributed by atoms with Gasteiger partial charge in [-0.3, -0.25) is 4.79 Å². The van der Waals surface area contributed by atoms with Crippen LogP contribution in [0.3, 0.4) is 0 Å². The van der Waals surface area contributed by atoms with Crippen LogP contribution < -0.4 is 10.2 Å². The number of nitrogens with one attached hydrogen (secondary N) is 1. The molecule has 2 aromatic rings. The number of aromatic nitrogens is 1. The van der Waals surface area contributed by atoms with E-state index in [0.717, 1.165) is 28.8 Å². The molecule has 0 spiro atoms. The first-order chi connectivity index (χ1) is 14.3. The van der Waals surface area contributed by atoms with Crippen molar-refractivity contribution in [3.8, 4) is 0 Å². The van der Waals surface area contributed by atoms with Crippen molar-refractivity contribution in [2.45, 2.75) is 37.1 Å². The van der Waals surface area contributed by atoms with E-state index < -0.39 is 10.0 Å². The third-order valence-corrected chi connectivity index (χ3v) is 7.95. The lowest BCUT2D eigenvalue weighted by Crippen LogP contribution is -2.26. The van der Waals surface area contributed by atoms with Crippen molar-refractivity contribution in [3.05, 3.63) is 52.1 Å². The number of benzene rings is 1. The Balaban J connectivity index is 1.66. The highest BCUT2D eigenvalue weighted by Gasteiger charge is 2.22. The molecule has 1 fully saturated rings. The van der Waals surface area contributed by atoms with Gasteiger partial charge >= 0.3 is 0 Å². The third kappa shape index (κ3) is 5.39. The molecule has 1 aliphatic heterocycles. The maximum Gasteiger partial charge on any atom is 0.251 e. The van der Waals surface area contributed by atoms with E-state index in [2.05, 4.69) is 31.1 Å². The summed E-state index contributed by atoms with van der Waals surface area (Å²) < 4.78 is 26.4. The summed E-state index contributed by atoms with van der Waals surface area (Å²) in [6, 6.07) is 8.51. The first kappa shape index (κ1) is 22.7. The molecule has 3 rings (SSSR count). The number of nitrogens with zero attached hydrogens (tertiary/aromatic N) is 3. The summed E-state index contributed by atoms with van der Waals surface area (Å²) in [5, 5.41) is 2.84. The van der Waals surface area contributed by atoms with Crippen LogP contribution in [0, 0.1) is 0 Å². The van der Waals surface area contributed by atoms with Crippen molar-refractivity contribution < 1.29 is 13.2 Å². The summed E-state index contributed by atoms with van der Waals surface area (Å²) in [4.78, 5) is 19.5. The third-order valence-electron chi connectivity index (χ3n) is 5.14. The van der Waals surface area contributed by atoms with Crippen LogP contribution in [0.4, 0.5) is 5.82 Å². The lowest BCUT2D eigenvalue weighted by Gasteiger charge is -2.21. The van der Waals surface area contributed by atoms with Crippen LogP contribution in [0.25, 0.3) is 0 Å². The Hall–Kier alpha value is -1.97. The summed E-state index contributed by atoms with van der Waals surface area (Å²) in [5.74, 6) is 0.632. The van der Waals surface area contributed by atoms with Gasteiger partial charge in [0.25, 0.3) is 5.91 Å². The number of hydrogen-bond acceptors (Lipinski definition) is 5. The van der Waals surface area contributed by atoms with Crippen LogP contribution >= 0.6 is 15.9 Å². The number of hydrogen-bond donors (Lipinski definition) is 1. The van der Waals surface area contributed by atoms with E-state index in [0.29, 0.717) is 11.0 Å². The van der Waals surface area contributed by atoms with Gasteiger partial charge in [0.05, 0.1) is 4.90 Å². The summed E-state index contributed by atoms with van der Waals surface area (Å²) in [6.07, 6.45) is 6.71. The van der Waals surface area contributed by atoms with E-state index in [4.69, 9.17) is 0 Å². The fourth-order valence-corrected chi connectivity index (χ4v) is 5.18. The van der Waals surface area contributed by atoms with Crippen LogP contribution in [0.15, 0.2) is 45.9 Å². The standard InChI is InChI=1S/C21H27BrN4O3S/c1-25(2)30(28,29)19-13-17(8-9-18(19)22)21(27)24-15-16-7-10-20(23-14-16)26-11-5-3-4-6-12-26/h7-10,13-14H,3-6,11-12,15H2,1-2H3,(H,24,27). The fourth-order valence-electron chi connectivity index (χ4n) is 3.33. The van der Waals surface area contributed by atoms with Gasteiger partial charge in [-0.05, 0) is 58.6 Å². The van der Waals surface area contributed by atoms with Crippen molar-refractivity contribution in [1.82, 2.24) is 14.6 Å². The molecule has 1 saturated heterocycles. The molecule has 7 nitrogen and oxygen atoms in total. The molecule has 1 aromatic heterocycles. The van der Waals surface area contributed by atoms with E-state index in [9.17, 15) is 13.2 Å². The topological polar surface area (TPSA) is 82.6 Å². The van der Waals surface area contributed by atoms with Gasteiger partial charge in [-0.25, -0.2) is 17.7 Å². The van der Waals surface area contributed by atoms with Crippen LogP contribution in [0.5, 0.6) is 0 Å². The molecule has 0 bridgehead atoms. The van der Waals surface area contributed by atoms with E-state index >= 15 is 0 Å². The van der Waals surface area contributed by atoms with Gasteiger partial charge < -0.3 is 10.2 Å². The molecular weight excluding hydrogens is 468 g/mol. The molecule has 162 valence electrons. The molecule has 0 saturated carbocycles. The van der Waals surface area contributed by atoms with E-state index in [1.54, 1.807) is 18.3 Å². The molecule has 1 aromatic carbocycles. The second-order valence-electron chi connectivity index (χ2n) is 7.54. The van der Waals surface area contributed by atoms with Crippen molar-refractivity contribution in [1.29, 1.82) is 0 Å². The second-order valence-corrected chi connectivity index (χ2v) is 10.5. The Morgan fingerprint density at radius 1 is 1.13 bits per heavy atom. The van der Waals surface area contributed by atoms with Crippen LogP contribution in [-0.4, -0.2) is 50.8 Å². The Kier molecular flexibility index (Phi) is 7.49. The van der Waals surface area contributed by atoms with E-state index in [1.165, 1.54) is 45.8 Å². The first-order valence-corrected chi connectivity index (χ1v) is 12.2. The monoisotopic (exact) mass is 494 g/mol. The number of anilines is 1. The van der Waals surface area contributed by atoms with Crippen molar-refractivity contribution in [2.75, 3.05) is 32.1 Å². The van der Waals surface area contributed by atoms with E-state index in [-0.39, 0.29) is 16.4 Å². The van der Waals surface area contributed by atoms with Gasteiger partial charge in [-0.1, -0.05) is 18.9 Å². The Labute approximate surface area is 186 Å². The average molecular weight is 495 g/mol. The van der Waals surface area contributed by atoms with E-state index in [1.807, 2.05) is 12.1 Å². The Morgan fingerprint density at radius 2 is 1.83 bits per heavy atom. The molecule has 0 aliphatic carbocycles. The summed E-state index contributed by atoms with van der Waals surface area (Å²) in [7, 11) is -0.747. The number of amides is 1. The maximum atomic E-state index is 12.6. The SMILES string of the molecule is CN(C)S(=O)(=O)c1cc(C(=O)NCc2ccc(N3CCCCCC3)nc2)ccc1Br. The normalized spacial score (nSPS) is 15.1. The highest BCUT2D eigenvalue weighted by atomic mass is 79.9. The summed E-state index contributed by atoms with van der Waals surface area (Å²) in [6.45, 7) is 2.38. The molecule has 0 atom stereocenters. The highest BCUT2D eigenvalue weighted by molar-refractivity contribution is 9.10. The predicted octanol–water partition coefficient (Wildman–Crippen LogP) is 3.40. The molecule has 1 aliphatic rings. The fraction of sp³-hybridized carbons (Fsp3) is 0.429. The molecule has 0 unspecified atom stereocenters. The number of halogens is 1. The average Bonchev–Trinajstić information content (AvgIpc) is 3.02. The van der Waals surface area contributed by atoms with Crippen LogP contribution in [-0.2, 0) is 16.6 Å². The molecule has 9 heteroatoms. The highest BCUT2D eigenvalue weighted by Crippen LogP contribution is 2.25. The van der Waals surface area contributed by atoms with Crippen molar-refractivity contribution in [2.24, 2.45) is 0 Å². The van der Waals surface area contributed by atoms with Crippen LogP contribution in [0.2, 0.25) is 0 Å². The number of rotatable bonds is 6. The van der Waals surface area contributed by atoms with Gasteiger partial charge in [0, 0.05) is 50.0 Å². The molecule has 2 heterocycles. The molecule has 1 N–H and O–H groups in total. The minimum atomic E-state index is -3.66. The Bertz CT molecular complexity index is 986. The smallest absolute Gasteiger partial charge is 0.251 e. The number of sulfonamides is 1. The number of carbonyl (C=O) groups is 1. The molecule has 30 heavy (non-hydrogen) atoms. The summed E-state index contributed by atoms with van der Waals surface area (Å²) >= 11 is 3.25. The summed E-state index contributed by atoms with van der Waals surface area (Å²) in [5.41, 5.74) is 1.17. The predicted molar refractivity (Wildman–Crippen MR) is 121 cm³/mol. The van der Waals surface area contributed by atoms with Crippen molar-refractivity contribution in [3.63, 3.8) is 0 Å². The van der Waals surface area contributed by atoms with Gasteiger partial charge in [0.2, 0.25) is 10.0 Å². The van der Waals surface area contributed by atoms with Crippen molar-refractivity contribution >= 4 is 37.7 Å². The molecule has 0 radical (unpaired) electrons. The number of pyridine rings is 1. The first-order valence-electron chi connectivity index (χ1n) is 9.99. The quantitative estimate of drug-likeness (QED) is 0.665. The zero-order valence-electron chi connectivity index (χ0n) is 17.3. The van der Waals surface area contributed by atoms with Crippen LogP contribution in [0.1, 0.15) is 41.6 Å². The minimum Gasteiger partial charge on any atom is -0.357 e. The van der Waals surface area contributed by atoms with Gasteiger partial charge in [-0.15, -0.1) is 0 Å². The molecule has 1 amide bonds. The lowest BCUT2D eigenvalue weighted by molar-refractivity contribution is 0.0950. The molecular formula is C21H27BrN4O3S. The Morgan fingerprint density at radius 3 is 2.43 bits per heavy atom. The maximum absolute atomic E-state index is 12.6. The number of carbonyl (C=O) groups excluding carboxylic acids is 1. The largest absolute Gasteiger partial charge is 0.357 e.